The highest BCUT2D eigenvalue weighted by atomic mass is 16.3. The van der Waals surface area contributed by atoms with Crippen LogP contribution in [0.1, 0.15) is 6.92 Å². The van der Waals surface area contributed by atoms with Crippen LogP contribution >= 0.6 is 0 Å². The minimum atomic E-state index is 0.0507. The summed E-state index contributed by atoms with van der Waals surface area (Å²) >= 11 is 0. The van der Waals surface area contributed by atoms with Gasteiger partial charge in [-0.1, -0.05) is 11.6 Å². The molecule has 3 N–H and O–H groups in total. The molecule has 0 heterocycles. The number of benzene rings is 1. The largest absolute Gasteiger partial charge is 0.395 e. The van der Waals surface area contributed by atoms with E-state index in [1.165, 1.54) is 0 Å². The number of nitrogens with one attached hydrogen (secondary N) is 1. The van der Waals surface area contributed by atoms with Crippen LogP contribution in [0, 0.1) is 0 Å². The van der Waals surface area contributed by atoms with E-state index in [2.05, 4.69) is 15.5 Å². The second kappa shape index (κ2) is 11.4. The fourth-order valence-electron chi connectivity index (χ4n) is 1.93. The molecule has 0 spiro atoms. The van der Waals surface area contributed by atoms with Crippen molar-refractivity contribution in [1.82, 2.24) is 5.32 Å². The fourth-order valence-corrected chi connectivity index (χ4v) is 1.93. The lowest BCUT2D eigenvalue weighted by atomic mass is 10.2. The van der Waals surface area contributed by atoms with Gasteiger partial charge < -0.3 is 20.4 Å². The molecule has 1 aromatic rings. The van der Waals surface area contributed by atoms with E-state index in [0.717, 1.165) is 16.9 Å². The molecule has 1 aromatic carbocycles. The molecular formula is C17H26N4O2. The Bertz CT molecular complexity index is 518. The van der Waals surface area contributed by atoms with Gasteiger partial charge in [0.1, 0.15) is 0 Å². The molecular weight excluding hydrogens is 292 g/mol. The maximum absolute atomic E-state index is 9.05. The average Bonchev–Trinajstić information content (AvgIpc) is 2.57. The minimum Gasteiger partial charge on any atom is -0.395 e. The number of rotatable bonds is 10. The first-order valence-corrected chi connectivity index (χ1v) is 7.66. The molecule has 0 unspecified atom stereocenters. The Labute approximate surface area is 137 Å². The quantitative estimate of drug-likeness (QED) is 0.456. The van der Waals surface area contributed by atoms with E-state index in [9.17, 15) is 0 Å². The number of aliphatic hydroxyl groups excluding tert-OH is 2. The Balaban J connectivity index is 2.59. The summed E-state index contributed by atoms with van der Waals surface area (Å²) in [6.07, 6.45) is 5.84. The molecule has 0 aliphatic heterocycles. The Hall–Kier alpha value is -2.18. The number of azo groups is 1. The first-order chi connectivity index (χ1) is 11.2. The van der Waals surface area contributed by atoms with Crippen LogP contribution in [0.25, 0.3) is 0 Å². The van der Waals surface area contributed by atoms with Crippen molar-refractivity contribution in [2.45, 2.75) is 6.92 Å². The first kappa shape index (κ1) is 18.9. The van der Waals surface area contributed by atoms with E-state index in [1.807, 2.05) is 61.5 Å². The second-order valence-corrected chi connectivity index (χ2v) is 4.94. The Morgan fingerprint density at radius 2 is 1.83 bits per heavy atom. The van der Waals surface area contributed by atoms with E-state index in [-0.39, 0.29) is 13.2 Å². The molecule has 0 saturated carbocycles. The van der Waals surface area contributed by atoms with Gasteiger partial charge in [0.2, 0.25) is 0 Å². The van der Waals surface area contributed by atoms with Crippen LogP contribution in [0.15, 0.2) is 58.4 Å². The molecule has 126 valence electrons. The van der Waals surface area contributed by atoms with Crippen molar-refractivity contribution in [3.8, 4) is 0 Å². The summed E-state index contributed by atoms with van der Waals surface area (Å²) in [5.74, 6) is 0. The van der Waals surface area contributed by atoms with E-state index in [1.54, 1.807) is 0 Å². The Kier molecular flexibility index (Phi) is 9.35. The van der Waals surface area contributed by atoms with Gasteiger partial charge in [0.05, 0.1) is 25.4 Å². The lowest BCUT2D eigenvalue weighted by molar-refractivity contribution is 0.281. The van der Waals surface area contributed by atoms with Crippen molar-refractivity contribution in [2.24, 2.45) is 10.2 Å². The average molecular weight is 318 g/mol. The summed E-state index contributed by atoms with van der Waals surface area (Å²) in [5.41, 5.74) is 2.84. The number of nitrogens with zero attached hydrogens (tertiary/aromatic N) is 3. The normalized spacial score (nSPS) is 12.3. The highest BCUT2D eigenvalue weighted by Gasteiger charge is 2.04. The highest BCUT2D eigenvalue weighted by molar-refractivity contribution is 5.52. The maximum atomic E-state index is 9.05. The molecule has 6 heteroatoms. The number of allylic oxidation sites excluding steroid dienone is 2. The molecule has 0 aromatic heterocycles. The van der Waals surface area contributed by atoms with Gasteiger partial charge >= 0.3 is 0 Å². The second-order valence-electron chi connectivity index (χ2n) is 4.94. The molecule has 6 nitrogen and oxygen atoms in total. The molecule has 0 amide bonds. The van der Waals surface area contributed by atoms with E-state index in [0.29, 0.717) is 19.6 Å². The van der Waals surface area contributed by atoms with Gasteiger partial charge in [0.15, 0.2) is 0 Å². The van der Waals surface area contributed by atoms with E-state index in [4.69, 9.17) is 10.2 Å². The third-order valence-corrected chi connectivity index (χ3v) is 3.15. The zero-order valence-electron chi connectivity index (χ0n) is 13.8. The molecule has 0 bridgehead atoms. The molecule has 0 atom stereocenters. The summed E-state index contributed by atoms with van der Waals surface area (Å²) in [6, 6.07) is 7.57. The lowest BCUT2D eigenvalue weighted by Crippen LogP contribution is -2.29. The summed E-state index contributed by atoms with van der Waals surface area (Å²) in [5, 5.41) is 29.3. The number of anilines is 1. The number of aliphatic hydroxyl groups is 2. The molecule has 0 radical (unpaired) electrons. The van der Waals surface area contributed by atoms with Gasteiger partial charge in [-0.25, -0.2) is 0 Å². The monoisotopic (exact) mass is 318 g/mol. The fraction of sp³-hybridized carbons (Fsp3) is 0.412. The van der Waals surface area contributed by atoms with Crippen LogP contribution in [0.4, 0.5) is 11.4 Å². The van der Waals surface area contributed by atoms with Crippen LogP contribution in [0.2, 0.25) is 0 Å². The number of hydrogen-bond acceptors (Lipinski definition) is 6. The van der Waals surface area contributed by atoms with Gasteiger partial charge in [-0.15, -0.1) is 0 Å². The van der Waals surface area contributed by atoms with Gasteiger partial charge in [-0.3, -0.25) is 0 Å². The van der Waals surface area contributed by atoms with Crippen molar-refractivity contribution < 1.29 is 10.2 Å². The maximum Gasteiger partial charge on any atom is 0.0854 e. The zero-order chi connectivity index (χ0) is 16.9. The molecule has 0 aliphatic carbocycles. The Morgan fingerprint density at radius 3 is 2.39 bits per heavy atom. The van der Waals surface area contributed by atoms with Crippen LogP contribution in [0.5, 0.6) is 0 Å². The third kappa shape index (κ3) is 7.58. The summed E-state index contributed by atoms with van der Waals surface area (Å²) in [7, 11) is 1.86. The van der Waals surface area contributed by atoms with Gasteiger partial charge in [0, 0.05) is 25.8 Å². The minimum absolute atomic E-state index is 0.0507. The standard InChI is InChI=1S/C17H26N4O2/c1-15(7-9-18-2)8-10-19-20-16-3-5-17(6-4-16)21(11-13-22)12-14-23/h3-9,18,22-23H,10-14H2,1-2H3/b9-7-,15-8-,20-19+. The highest BCUT2D eigenvalue weighted by Crippen LogP contribution is 2.19. The smallest absolute Gasteiger partial charge is 0.0854 e. The van der Waals surface area contributed by atoms with Crippen LogP contribution < -0.4 is 10.2 Å². The van der Waals surface area contributed by atoms with Crippen molar-refractivity contribution in [2.75, 3.05) is 44.8 Å². The van der Waals surface area contributed by atoms with Gasteiger partial charge in [-0.2, -0.15) is 10.2 Å². The predicted octanol–water partition coefficient (Wildman–Crippen LogP) is 2.24. The molecule has 0 aliphatic rings. The van der Waals surface area contributed by atoms with Crippen molar-refractivity contribution >= 4 is 11.4 Å². The predicted molar refractivity (Wildman–Crippen MR) is 94.2 cm³/mol. The topological polar surface area (TPSA) is 80.5 Å². The SMILES string of the molecule is CN/C=C\C(C)=C/C/N=N/c1ccc(N(CCO)CCO)cc1. The summed E-state index contributed by atoms with van der Waals surface area (Å²) in [6.45, 7) is 3.62. The first-order valence-electron chi connectivity index (χ1n) is 7.66. The molecule has 23 heavy (non-hydrogen) atoms. The van der Waals surface area contributed by atoms with E-state index >= 15 is 0 Å². The molecule has 0 saturated heterocycles. The van der Waals surface area contributed by atoms with Gasteiger partial charge in [0.25, 0.3) is 0 Å². The van der Waals surface area contributed by atoms with E-state index < -0.39 is 0 Å². The zero-order valence-corrected chi connectivity index (χ0v) is 13.8. The number of hydrogen-bond donors (Lipinski definition) is 3. The van der Waals surface area contributed by atoms with Crippen molar-refractivity contribution in [3.05, 3.63) is 48.2 Å². The van der Waals surface area contributed by atoms with Crippen LogP contribution in [-0.4, -0.2) is 50.1 Å². The summed E-state index contributed by atoms with van der Waals surface area (Å²) in [4.78, 5) is 1.92. The summed E-state index contributed by atoms with van der Waals surface area (Å²) < 4.78 is 0. The van der Waals surface area contributed by atoms with Crippen LogP contribution in [-0.2, 0) is 0 Å². The third-order valence-electron chi connectivity index (χ3n) is 3.15. The Morgan fingerprint density at radius 1 is 1.17 bits per heavy atom. The van der Waals surface area contributed by atoms with Crippen molar-refractivity contribution in [3.63, 3.8) is 0 Å². The van der Waals surface area contributed by atoms with Crippen LogP contribution in [0.3, 0.4) is 0 Å². The lowest BCUT2D eigenvalue weighted by Gasteiger charge is -2.22. The van der Waals surface area contributed by atoms with Gasteiger partial charge in [-0.05, 0) is 43.5 Å². The van der Waals surface area contributed by atoms with Crippen molar-refractivity contribution in [1.29, 1.82) is 0 Å². The molecule has 0 fully saturated rings. The molecule has 1 rings (SSSR count).